The normalized spacial score (nSPS) is 14.4. The van der Waals surface area contributed by atoms with Crippen molar-refractivity contribution in [3.63, 3.8) is 0 Å². The van der Waals surface area contributed by atoms with Gasteiger partial charge in [-0.15, -0.1) is 0 Å². The lowest BCUT2D eigenvalue weighted by Crippen LogP contribution is -2.29. The number of para-hydroxylation sites is 2. The fourth-order valence-corrected chi connectivity index (χ4v) is 3.49. The topological polar surface area (TPSA) is 74.6 Å². The number of hydrogen-bond donors (Lipinski definition) is 1. The van der Waals surface area contributed by atoms with Crippen molar-refractivity contribution in [1.29, 1.82) is 0 Å². The summed E-state index contributed by atoms with van der Waals surface area (Å²) in [6.45, 7) is 4.36. The Morgan fingerprint density at radius 1 is 1.21 bits per heavy atom. The average molecular weight is 395 g/mol. The summed E-state index contributed by atoms with van der Waals surface area (Å²) >= 11 is 0. The van der Waals surface area contributed by atoms with E-state index in [1.165, 1.54) is 0 Å². The summed E-state index contributed by atoms with van der Waals surface area (Å²) in [5, 5.41) is 3.05. The Hall–Kier alpha value is -3.06. The van der Waals surface area contributed by atoms with E-state index in [2.05, 4.69) is 9.88 Å². The number of amides is 1. The van der Waals surface area contributed by atoms with Crippen LogP contribution in [0.4, 0.5) is 0 Å². The van der Waals surface area contributed by atoms with Gasteiger partial charge < -0.3 is 24.1 Å². The summed E-state index contributed by atoms with van der Waals surface area (Å²) in [4.78, 5) is 17.6. The maximum Gasteiger partial charge on any atom is 0.251 e. The fourth-order valence-electron chi connectivity index (χ4n) is 3.49. The molecule has 1 N–H and O–H groups in total. The van der Waals surface area contributed by atoms with Crippen LogP contribution in [0.25, 0.3) is 11.0 Å². The molecule has 7 heteroatoms. The minimum atomic E-state index is -0.275. The Kier molecular flexibility index (Phi) is 5.67. The van der Waals surface area contributed by atoms with Gasteiger partial charge in [0.25, 0.3) is 5.91 Å². The third-order valence-corrected chi connectivity index (χ3v) is 4.95. The number of methoxy groups -OCH3 is 1. The third-order valence-electron chi connectivity index (χ3n) is 4.95. The van der Waals surface area contributed by atoms with Crippen molar-refractivity contribution < 1.29 is 19.0 Å². The lowest BCUT2D eigenvalue weighted by Gasteiger charge is -2.17. The Labute approximate surface area is 169 Å². The summed E-state index contributed by atoms with van der Waals surface area (Å²) in [6, 6.07) is 12.9. The van der Waals surface area contributed by atoms with Crippen LogP contribution in [0, 0.1) is 0 Å². The number of fused-ring (bicyclic) bond motifs is 2. The molecule has 1 unspecified atom stereocenters. The lowest BCUT2D eigenvalue weighted by molar-refractivity contribution is 0.0937. The standard InChI is InChI=1S/C22H25N3O4/c1-15(21-24-17-6-3-4-7-18(17)25(21)10-13-27-2)23-22(26)16-8-9-19-20(14-16)29-12-5-11-28-19/h3-4,6-9,14-15H,5,10-13H2,1-2H3,(H,23,26). The molecule has 0 aliphatic carbocycles. The molecule has 0 radical (unpaired) electrons. The molecular formula is C22H25N3O4. The van der Waals surface area contributed by atoms with Crippen LogP contribution in [0.2, 0.25) is 0 Å². The van der Waals surface area contributed by atoms with Crippen LogP contribution < -0.4 is 14.8 Å². The number of nitrogens with one attached hydrogen (secondary N) is 1. The minimum Gasteiger partial charge on any atom is -0.490 e. The first-order chi connectivity index (χ1) is 14.2. The van der Waals surface area contributed by atoms with E-state index in [0.717, 1.165) is 23.3 Å². The number of benzene rings is 2. The van der Waals surface area contributed by atoms with E-state index in [-0.39, 0.29) is 11.9 Å². The molecule has 152 valence electrons. The number of ether oxygens (including phenoxy) is 3. The third kappa shape index (κ3) is 4.05. The van der Waals surface area contributed by atoms with Gasteiger partial charge in [-0.3, -0.25) is 4.79 Å². The Balaban J connectivity index is 1.57. The molecule has 0 spiro atoms. The summed E-state index contributed by atoms with van der Waals surface area (Å²) in [6.07, 6.45) is 0.824. The summed E-state index contributed by atoms with van der Waals surface area (Å²) in [5.74, 6) is 1.90. The molecular weight excluding hydrogens is 370 g/mol. The average Bonchev–Trinajstić information content (AvgIpc) is 2.94. The Morgan fingerprint density at radius 2 is 2.00 bits per heavy atom. The molecule has 0 bridgehead atoms. The quantitative estimate of drug-likeness (QED) is 0.693. The van der Waals surface area contributed by atoms with Gasteiger partial charge >= 0.3 is 0 Å². The molecule has 4 rings (SSSR count). The van der Waals surface area contributed by atoms with Gasteiger partial charge in [0.2, 0.25) is 0 Å². The number of nitrogens with zero attached hydrogens (tertiary/aromatic N) is 2. The van der Waals surface area contributed by atoms with Crippen molar-refractivity contribution >= 4 is 16.9 Å². The van der Waals surface area contributed by atoms with Gasteiger partial charge in [0.15, 0.2) is 11.5 Å². The number of carbonyl (C=O) groups is 1. The van der Waals surface area contributed by atoms with E-state index in [0.29, 0.717) is 43.4 Å². The molecule has 0 saturated heterocycles. The number of carbonyl (C=O) groups excluding carboxylic acids is 1. The van der Waals surface area contributed by atoms with E-state index in [1.807, 2.05) is 31.2 Å². The van der Waals surface area contributed by atoms with Crippen LogP contribution in [0.15, 0.2) is 42.5 Å². The van der Waals surface area contributed by atoms with E-state index in [4.69, 9.17) is 19.2 Å². The summed E-state index contributed by atoms with van der Waals surface area (Å²) in [7, 11) is 1.67. The molecule has 1 amide bonds. The van der Waals surface area contributed by atoms with E-state index in [9.17, 15) is 4.79 Å². The molecule has 2 aromatic carbocycles. The molecule has 2 heterocycles. The van der Waals surface area contributed by atoms with Gasteiger partial charge in [-0.2, -0.15) is 0 Å². The molecule has 7 nitrogen and oxygen atoms in total. The van der Waals surface area contributed by atoms with E-state index in [1.54, 1.807) is 25.3 Å². The van der Waals surface area contributed by atoms with Gasteiger partial charge in [-0.25, -0.2) is 4.98 Å². The molecule has 29 heavy (non-hydrogen) atoms. The molecule has 0 saturated carbocycles. The second-order valence-electron chi connectivity index (χ2n) is 7.01. The second-order valence-corrected chi connectivity index (χ2v) is 7.01. The van der Waals surface area contributed by atoms with Crippen LogP contribution in [-0.2, 0) is 11.3 Å². The van der Waals surface area contributed by atoms with Crippen molar-refractivity contribution in [2.24, 2.45) is 0 Å². The van der Waals surface area contributed by atoms with Crippen molar-refractivity contribution in [3.8, 4) is 11.5 Å². The van der Waals surface area contributed by atoms with Crippen LogP contribution in [0.3, 0.4) is 0 Å². The van der Waals surface area contributed by atoms with Gasteiger partial charge in [-0.1, -0.05) is 12.1 Å². The zero-order valence-corrected chi connectivity index (χ0v) is 16.7. The van der Waals surface area contributed by atoms with Gasteiger partial charge in [0.1, 0.15) is 5.82 Å². The highest BCUT2D eigenvalue weighted by Crippen LogP contribution is 2.30. The first-order valence-corrected chi connectivity index (χ1v) is 9.82. The highest BCUT2D eigenvalue weighted by Gasteiger charge is 2.20. The monoisotopic (exact) mass is 395 g/mol. The van der Waals surface area contributed by atoms with E-state index < -0.39 is 0 Å². The van der Waals surface area contributed by atoms with Crippen LogP contribution in [0.1, 0.15) is 35.6 Å². The van der Waals surface area contributed by atoms with Crippen LogP contribution in [-0.4, -0.2) is 42.4 Å². The van der Waals surface area contributed by atoms with Gasteiger partial charge in [0, 0.05) is 25.6 Å². The zero-order valence-electron chi connectivity index (χ0n) is 16.7. The lowest BCUT2D eigenvalue weighted by atomic mass is 10.1. The fraction of sp³-hybridized carbons (Fsp3) is 0.364. The minimum absolute atomic E-state index is 0.182. The first-order valence-electron chi connectivity index (χ1n) is 9.82. The van der Waals surface area contributed by atoms with Crippen molar-refractivity contribution in [1.82, 2.24) is 14.9 Å². The summed E-state index contributed by atoms with van der Waals surface area (Å²) in [5.41, 5.74) is 2.45. The number of rotatable bonds is 6. The Morgan fingerprint density at radius 3 is 2.83 bits per heavy atom. The predicted octanol–water partition coefficient (Wildman–Crippen LogP) is 3.34. The maximum absolute atomic E-state index is 12.9. The molecule has 3 aromatic rings. The number of aromatic nitrogens is 2. The first kappa shape index (κ1) is 19.3. The molecule has 0 fully saturated rings. The molecule has 1 aliphatic rings. The van der Waals surface area contributed by atoms with Crippen molar-refractivity contribution in [2.45, 2.75) is 25.9 Å². The largest absolute Gasteiger partial charge is 0.490 e. The van der Waals surface area contributed by atoms with Gasteiger partial charge in [0.05, 0.1) is 36.9 Å². The predicted molar refractivity (Wildman–Crippen MR) is 110 cm³/mol. The summed E-state index contributed by atoms with van der Waals surface area (Å²) < 4.78 is 18.7. The maximum atomic E-state index is 12.9. The molecule has 1 aliphatic heterocycles. The van der Waals surface area contributed by atoms with Crippen molar-refractivity contribution in [2.75, 3.05) is 26.9 Å². The van der Waals surface area contributed by atoms with Crippen molar-refractivity contribution in [3.05, 3.63) is 53.9 Å². The SMILES string of the molecule is COCCn1c(C(C)NC(=O)c2ccc3c(c2)OCCCO3)nc2ccccc21. The highest BCUT2D eigenvalue weighted by atomic mass is 16.5. The molecule has 1 atom stereocenters. The Bertz CT molecular complexity index is 1010. The van der Waals surface area contributed by atoms with E-state index >= 15 is 0 Å². The van der Waals surface area contributed by atoms with Crippen LogP contribution >= 0.6 is 0 Å². The zero-order chi connectivity index (χ0) is 20.2. The number of imidazole rings is 1. The number of hydrogen-bond acceptors (Lipinski definition) is 5. The van der Waals surface area contributed by atoms with Crippen LogP contribution in [0.5, 0.6) is 11.5 Å². The smallest absolute Gasteiger partial charge is 0.251 e. The molecule has 1 aromatic heterocycles. The van der Waals surface area contributed by atoms with Gasteiger partial charge in [-0.05, 0) is 37.3 Å². The second kappa shape index (κ2) is 8.53. The highest BCUT2D eigenvalue weighted by molar-refractivity contribution is 5.95.